The number of rotatable bonds is 4. The summed E-state index contributed by atoms with van der Waals surface area (Å²) >= 11 is 0. The predicted octanol–water partition coefficient (Wildman–Crippen LogP) is 2.58. The molecule has 0 aliphatic heterocycles. The fraction of sp³-hybridized carbons (Fsp3) is 0.133. The van der Waals surface area contributed by atoms with Gasteiger partial charge < -0.3 is 4.74 Å². The number of carbonyl (C=O) groups excluding carboxylic acids is 1. The van der Waals surface area contributed by atoms with E-state index >= 15 is 0 Å². The van der Waals surface area contributed by atoms with Crippen molar-refractivity contribution in [2.45, 2.75) is 4.90 Å². The Labute approximate surface area is 132 Å². The lowest BCUT2D eigenvalue weighted by Gasteiger charge is -2.20. The van der Waals surface area contributed by atoms with Crippen molar-refractivity contribution in [3.63, 3.8) is 0 Å². The van der Waals surface area contributed by atoms with E-state index in [1.807, 2.05) is 0 Å². The van der Waals surface area contributed by atoms with Crippen LogP contribution in [0.3, 0.4) is 0 Å². The molecule has 0 aliphatic carbocycles. The average Bonchev–Trinajstić information content (AvgIpc) is 2.53. The maximum Gasteiger partial charge on any atom is 0.337 e. The molecule has 0 N–H and O–H groups in total. The lowest BCUT2D eigenvalue weighted by Crippen LogP contribution is -2.28. The number of hydrogen-bond acceptors (Lipinski definition) is 4. The van der Waals surface area contributed by atoms with Crippen molar-refractivity contribution in [3.05, 3.63) is 59.7 Å². The Morgan fingerprint density at radius 3 is 2.04 bits per heavy atom. The van der Waals surface area contributed by atoms with E-state index in [4.69, 9.17) is 0 Å². The summed E-state index contributed by atoms with van der Waals surface area (Å²) in [7, 11) is -2.05. The molecule has 23 heavy (non-hydrogen) atoms. The zero-order valence-electron chi connectivity index (χ0n) is 12.3. The molecule has 0 aromatic heterocycles. The van der Waals surface area contributed by atoms with Crippen molar-refractivity contribution in [2.24, 2.45) is 0 Å². The van der Waals surface area contributed by atoms with Gasteiger partial charge in [-0.3, -0.25) is 4.31 Å². The maximum absolute atomic E-state index is 13.7. The van der Waals surface area contributed by atoms with E-state index in [-0.39, 0.29) is 11.3 Å². The molecule has 0 heterocycles. The molecule has 0 fully saturated rings. The molecule has 0 bridgehead atoms. The maximum atomic E-state index is 13.7. The summed E-state index contributed by atoms with van der Waals surface area (Å²) in [5.41, 5.74) is 0.361. The highest BCUT2D eigenvalue weighted by atomic mass is 32.2. The highest BCUT2D eigenvalue weighted by Crippen LogP contribution is 2.26. The van der Waals surface area contributed by atoms with Crippen molar-refractivity contribution >= 4 is 21.7 Å². The van der Waals surface area contributed by atoms with Gasteiger partial charge in [0.25, 0.3) is 10.0 Å². The molecule has 0 aliphatic rings. The van der Waals surface area contributed by atoms with Crippen LogP contribution in [0.2, 0.25) is 0 Å². The molecule has 0 spiro atoms. The number of halogens is 2. The van der Waals surface area contributed by atoms with Crippen LogP contribution in [0, 0.1) is 11.6 Å². The van der Waals surface area contributed by atoms with Crippen LogP contribution in [-0.2, 0) is 14.8 Å². The number of anilines is 1. The quantitative estimate of drug-likeness (QED) is 0.802. The third-order valence-corrected chi connectivity index (χ3v) is 5.03. The Bertz CT molecular complexity index is 815. The first kappa shape index (κ1) is 16.9. The fourth-order valence-corrected chi connectivity index (χ4v) is 3.23. The van der Waals surface area contributed by atoms with Crippen LogP contribution in [-0.4, -0.2) is 28.5 Å². The van der Waals surface area contributed by atoms with E-state index in [0.717, 1.165) is 29.6 Å². The minimum atomic E-state index is -4.42. The van der Waals surface area contributed by atoms with E-state index in [0.29, 0.717) is 0 Å². The molecule has 0 amide bonds. The first-order valence-electron chi connectivity index (χ1n) is 6.40. The number of benzene rings is 2. The molecule has 5 nitrogen and oxygen atoms in total. The molecule has 0 saturated carbocycles. The van der Waals surface area contributed by atoms with Crippen LogP contribution in [0.5, 0.6) is 0 Å². The van der Waals surface area contributed by atoms with Crippen LogP contribution in [0.25, 0.3) is 0 Å². The lowest BCUT2D eigenvalue weighted by atomic mass is 10.2. The van der Waals surface area contributed by atoms with Gasteiger partial charge in [-0.15, -0.1) is 0 Å². The number of nitrogens with zero attached hydrogens (tertiary/aromatic N) is 1. The molecule has 2 rings (SSSR count). The van der Waals surface area contributed by atoms with E-state index in [9.17, 15) is 22.0 Å². The second kappa shape index (κ2) is 6.33. The molecule has 0 unspecified atom stereocenters. The summed E-state index contributed by atoms with van der Waals surface area (Å²) in [4.78, 5) is 10.3. The Hall–Kier alpha value is -2.48. The highest BCUT2D eigenvalue weighted by molar-refractivity contribution is 7.92. The number of ether oxygens (including phenoxy) is 1. The van der Waals surface area contributed by atoms with E-state index in [2.05, 4.69) is 4.74 Å². The van der Waals surface area contributed by atoms with Gasteiger partial charge in [0.1, 0.15) is 11.6 Å². The van der Waals surface area contributed by atoms with Crippen molar-refractivity contribution in [1.82, 2.24) is 0 Å². The minimum absolute atomic E-state index is 0.139. The Balaban J connectivity index is 2.43. The van der Waals surface area contributed by atoms with E-state index < -0.39 is 32.5 Å². The number of carbonyl (C=O) groups is 1. The van der Waals surface area contributed by atoms with Crippen LogP contribution in [0.15, 0.2) is 47.4 Å². The van der Waals surface area contributed by atoms with Gasteiger partial charge in [-0.2, -0.15) is 0 Å². The summed E-state index contributed by atoms with van der Waals surface area (Å²) < 4.78 is 57.5. The zero-order chi connectivity index (χ0) is 17.2. The molecule has 0 saturated heterocycles. The molecule has 0 atom stereocenters. The molecule has 8 heteroatoms. The monoisotopic (exact) mass is 341 g/mol. The molecule has 122 valence electrons. The van der Waals surface area contributed by atoms with Gasteiger partial charge in [-0.1, -0.05) is 6.07 Å². The summed E-state index contributed by atoms with van der Waals surface area (Å²) in [6.45, 7) is 0. The van der Waals surface area contributed by atoms with Crippen LogP contribution in [0.1, 0.15) is 10.4 Å². The van der Waals surface area contributed by atoms with Crippen molar-refractivity contribution in [3.8, 4) is 0 Å². The smallest absolute Gasteiger partial charge is 0.337 e. The van der Waals surface area contributed by atoms with Gasteiger partial charge >= 0.3 is 5.97 Å². The molecular weight excluding hydrogens is 328 g/mol. The average molecular weight is 341 g/mol. The first-order chi connectivity index (χ1) is 10.8. The van der Waals surface area contributed by atoms with Gasteiger partial charge in [0.05, 0.1) is 18.4 Å². The van der Waals surface area contributed by atoms with Crippen molar-refractivity contribution in [2.75, 3.05) is 18.5 Å². The summed E-state index contributed by atoms with van der Waals surface area (Å²) in [5.74, 6) is -2.94. The van der Waals surface area contributed by atoms with E-state index in [1.54, 1.807) is 0 Å². The van der Waals surface area contributed by atoms with Gasteiger partial charge in [0.2, 0.25) is 0 Å². The zero-order valence-corrected chi connectivity index (χ0v) is 13.1. The Morgan fingerprint density at radius 2 is 1.57 bits per heavy atom. The summed E-state index contributed by atoms with van der Waals surface area (Å²) in [6, 6.07) is 8.18. The second-order valence-corrected chi connectivity index (χ2v) is 6.47. The van der Waals surface area contributed by atoms with Gasteiger partial charge in [-0.05, 0) is 36.4 Å². The minimum Gasteiger partial charge on any atom is -0.465 e. The van der Waals surface area contributed by atoms with Crippen LogP contribution >= 0.6 is 0 Å². The largest absolute Gasteiger partial charge is 0.465 e. The SMILES string of the molecule is COC(=O)c1ccc(N(C)S(=O)(=O)c2c(F)cccc2F)cc1. The molecular formula is C15H13F2NO4S. The summed E-state index contributed by atoms with van der Waals surface area (Å²) in [5, 5.41) is 0. The number of methoxy groups -OCH3 is 1. The second-order valence-electron chi connectivity index (χ2n) is 4.56. The third-order valence-electron chi connectivity index (χ3n) is 3.19. The Morgan fingerprint density at radius 1 is 1.04 bits per heavy atom. The van der Waals surface area contributed by atoms with Gasteiger partial charge in [0, 0.05) is 7.05 Å². The molecule has 2 aromatic rings. The standard InChI is InChI=1S/C15H13F2NO4S/c1-18(11-8-6-10(7-9-11)15(19)22-2)23(20,21)14-12(16)4-3-5-13(14)17/h3-9H,1-2H3. The fourth-order valence-electron chi connectivity index (χ4n) is 1.93. The number of esters is 1. The van der Waals surface area contributed by atoms with Crippen LogP contribution < -0.4 is 4.31 Å². The predicted molar refractivity (Wildman–Crippen MR) is 79.7 cm³/mol. The normalized spacial score (nSPS) is 11.1. The van der Waals surface area contributed by atoms with E-state index in [1.165, 1.54) is 31.4 Å². The van der Waals surface area contributed by atoms with Crippen molar-refractivity contribution in [1.29, 1.82) is 0 Å². The number of sulfonamides is 1. The van der Waals surface area contributed by atoms with Gasteiger partial charge in [-0.25, -0.2) is 22.0 Å². The lowest BCUT2D eigenvalue weighted by molar-refractivity contribution is 0.0600. The molecule has 2 aromatic carbocycles. The van der Waals surface area contributed by atoms with Crippen LogP contribution in [0.4, 0.5) is 14.5 Å². The molecule has 0 radical (unpaired) electrons. The first-order valence-corrected chi connectivity index (χ1v) is 7.84. The third kappa shape index (κ3) is 3.16. The topological polar surface area (TPSA) is 63.7 Å². The number of hydrogen-bond donors (Lipinski definition) is 0. The highest BCUT2D eigenvalue weighted by Gasteiger charge is 2.28. The van der Waals surface area contributed by atoms with Crippen molar-refractivity contribution < 1.29 is 26.7 Å². The Kier molecular flexibility index (Phi) is 4.65. The summed E-state index contributed by atoms with van der Waals surface area (Å²) in [6.07, 6.45) is 0. The van der Waals surface area contributed by atoms with Gasteiger partial charge in [0.15, 0.2) is 4.90 Å².